The lowest BCUT2D eigenvalue weighted by molar-refractivity contribution is 0.130. The Morgan fingerprint density at radius 1 is 1.16 bits per heavy atom. The highest BCUT2D eigenvalue weighted by atomic mass is 19.1. The van der Waals surface area contributed by atoms with Gasteiger partial charge in [-0.2, -0.15) is 4.98 Å². The molecule has 190 valence electrons. The first kappa shape index (κ1) is 23.8. The van der Waals surface area contributed by atoms with Gasteiger partial charge in [-0.3, -0.25) is 0 Å². The van der Waals surface area contributed by atoms with Crippen LogP contribution in [0.4, 0.5) is 4.39 Å². The van der Waals surface area contributed by atoms with Gasteiger partial charge in [0.05, 0.1) is 29.2 Å². The second kappa shape index (κ2) is 9.09. The van der Waals surface area contributed by atoms with Crippen molar-refractivity contribution >= 4 is 10.9 Å². The summed E-state index contributed by atoms with van der Waals surface area (Å²) in [6, 6.07) is 9.41. The van der Waals surface area contributed by atoms with E-state index in [1.807, 2.05) is 31.2 Å². The molecule has 1 aromatic carbocycles. The van der Waals surface area contributed by atoms with Crippen molar-refractivity contribution in [1.29, 1.82) is 0 Å². The van der Waals surface area contributed by atoms with Gasteiger partial charge in [0, 0.05) is 27.8 Å². The quantitative estimate of drug-likeness (QED) is 0.391. The second-order valence-electron chi connectivity index (χ2n) is 11.0. The SMILES string of the molecule is [C-]#[N+]C1=C(O)[C@H](C)[C@H]2CCc3c(OC4CCCC4)nc(-c4cc(CF)nc5ccccc45)nc3[C@]2(C)C1. The minimum absolute atomic E-state index is 0.126. The maximum Gasteiger partial charge on any atom is 0.220 e. The van der Waals surface area contributed by atoms with Gasteiger partial charge in [-0.05, 0) is 63.0 Å². The smallest absolute Gasteiger partial charge is 0.220 e. The lowest BCUT2D eigenvalue weighted by atomic mass is 9.57. The Bertz CT molecular complexity index is 1460. The van der Waals surface area contributed by atoms with Crippen molar-refractivity contribution in [2.75, 3.05) is 0 Å². The van der Waals surface area contributed by atoms with E-state index in [9.17, 15) is 9.50 Å². The number of ether oxygens (including phenoxy) is 1. The zero-order valence-electron chi connectivity index (χ0n) is 21.3. The first-order valence-corrected chi connectivity index (χ1v) is 13.3. The lowest BCUT2D eigenvalue weighted by Gasteiger charge is -2.48. The van der Waals surface area contributed by atoms with Crippen LogP contribution in [0.15, 0.2) is 41.8 Å². The number of aromatic nitrogens is 3. The highest BCUT2D eigenvalue weighted by molar-refractivity contribution is 5.93. The molecule has 1 N–H and O–H groups in total. The van der Waals surface area contributed by atoms with E-state index in [4.69, 9.17) is 21.3 Å². The van der Waals surface area contributed by atoms with Gasteiger partial charge in [-0.1, -0.05) is 32.0 Å². The van der Waals surface area contributed by atoms with Gasteiger partial charge in [0.1, 0.15) is 12.8 Å². The molecule has 0 saturated heterocycles. The molecule has 3 aromatic rings. The predicted octanol–water partition coefficient (Wildman–Crippen LogP) is 7.03. The van der Waals surface area contributed by atoms with E-state index in [1.165, 1.54) is 0 Å². The fourth-order valence-corrected chi connectivity index (χ4v) is 6.83. The van der Waals surface area contributed by atoms with E-state index in [2.05, 4.69) is 16.8 Å². The van der Waals surface area contributed by atoms with E-state index in [0.29, 0.717) is 35.0 Å². The molecule has 2 aromatic heterocycles. The van der Waals surface area contributed by atoms with Crippen LogP contribution in [0.1, 0.15) is 69.3 Å². The molecule has 6 nitrogen and oxygen atoms in total. The number of nitrogens with zero attached hydrogens (tertiary/aromatic N) is 4. The van der Waals surface area contributed by atoms with Gasteiger partial charge >= 0.3 is 0 Å². The van der Waals surface area contributed by atoms with Gasteiger partial charge in [-0.15, -0.1) is 0 Å². The van der Waals surface area contributed by atoms with Gasteiger partial charge in [0.2, 0.25) is 11.6 Å². The van der Waals surface area contributed by atoms with E-state index >= 15 is 0 Å². The van der Waals surface area contributed by atoms with Crippen molar-refractivity contribution in [3.05, 3.63) is 70.2 Å². The molecule has 6 rings (SSSR count). The molecule has 0 spiro atoms. The van der Waals surface area contributed by atoms with Crippen molar-refractivity contribution in [2.45, 2.75) is 77.0 Å². The van der Waals surface area contributed by atoms with Crippen LogP contribution in [0.5, 0.6) is 5.88 Å². The Labute approximate surface area is 216 Å². The van der Waals surface area contributed by atoms with E-state index < -0.39 is 12.1 Å². The number of fused-ring (bicyclic) bond motifs is 4. The van der Waals surface area contributed by atoms with Crippen LogP contribution in [-0.2, 0) is 18.5 Å². The third-order valence-corrected chi connectivity index (χ3v) is 8.76. The summed E-state index contributed by atoms with van der Waals surface area (Å²) in [5.74, 6) is 1.34. The number of allylic oxidation sites excluding steroid dienone is 2. The van der Waals surface area contributed by atoms with Crippen LogP contribution in [0.25, 0.3) is 27.1 Å². The molecule has 1 saturated carbocycles. The Kier molecular flexibility index (Phi) is 5.86. The predicted molar refractivity (Wildman–Crippen MR) is 140 cm³/mol. The summed E-state index contributed by atoms with van der Waals surface area (Å²) in [5.41, 5.74) is 3.64. The normalized spacial score (nSPS) is 25.6. The number of alkyl halides is 1. The monoisotopic (exact) mass is 498 g/mol. The lowest BCUT2D eigenvalue weighted by Crippen LogP contribution is -2.45. The number of hydrogen-bond acceptors (Lipinski definition) is 5. The van der Waals surface area contributed by atoms with Crippen molar-refractivity contribution in [3.8, 4) is 17.3 Å². The standard InChI is InChI=1S/C30H31FN4O2/c1-17-23-13-12-21-27(30(23,2)15-25(32-3)26(17)36)34-28(35-29(21)37-19-8-4-5-9-19)22-14-18(16-31)33-24-11-7-6-10-20(22)24/h6-7,10-11,14,17,19,23,36H,4-5,8-9,12-13,15-16H2,1-2H3/t17-,23-,30-/m1/s1. The molecule has 0 bridgehead atoms. The van der Waals surface area contributed by atoms with Crippen molar-refractivity contribution < 1.29 is 14.2 Å². The Balaban J connectivity index is 1.59. The fraction of sp³-hybridized carbons (Fsp3) is 0.467. The summed E-state index contributed by atoms with van der Waals surface area (Å²) < 4.78 is 20.4. The molecule has 0 radical (unpaired) electrons. The minimum Gasteiger partial charge on any atom is -0.523 e. The molecule has 3 atom stereocenters. The van der Waals surface area contributed by atoms with Crippen LogP contribution >= 0.6 is 0 Å². The average Bonchev–Trinajstić information content (AvgIpc) is 3.43. The zero-order chi connectivity index (χ0) is 25.7. The van der Waals surface area contributed by atoms with Gasteiger partial charge < -0.3 is 9.84 Å². The molecule has 3 aliphatic rings. The number of aliphatic hydroxyl groups is 1. The number of para-hydroxylation sites is 1. The summed E-state index contributed by atoms with van der Waals surface area (Å²) in [7, 11) is 0. The zero-order valence-corrected chi connectivity index (χ0v) is 21.3. The molecular formula is C30H31FN4O2. The van der Waals surface area contributed by atoms with E-state index in [0.717, 1.165) is 60.7 Å². The second-order valence-corrected chi connectivity index (χ2v) is 11.0. The summed E-state index contributed by atoms with van der Waals surface area (Å²) in [6.45, 7) is 11.2. The highest BCUT2D eigenvalue weighted by Crippen LogP contribution is 2.54. The molecule has 3 aliphatic carbocycles. The molecule has 2 heterocycles. The third kappa shape index (κ3) is 3.85. The topological polar surface area (TPSA) is 72.5 Å². The molecular weight excluding hydrogens is 467 g/mol. The van der Waals surface area contributed by atoms with Gasteiger partial charge in [0.15, 0.2) is 5.82 Å². The largest absolute Gasteiger partial charge is 0.523 e. The minimum atomic E-state index is -0.677. The average molecular weight is 499 g/mol. The molecule has 0 amide bonds. The van der Waals surface area contributed by atoms with Gasteiger partial charge in [0.25, 0.3) is 0 Å². The number of pyridine rings is 1. The number of benzene rings is 1. The van der Waals surface area contributed by atoms with Crippen LogP contribution in [-0.4, -0.2) is 26.2 Å². The van der Waals surface area contributed by atoms with Crippen molar-refractivity contribution in [1.82, 2.24) is 15.0 Å². The third-order valence-electron chi connectivity index (χ3n) is 8.76. The molecule has 7 heteroatoms. The summed E-state index contributed by atoms with van der Waals surface area (Å²) in [6.07, 6.45) is 6.49. The first-order chi connectivity index (χ1) is 17.9. The number of aliphatic hydroxyl groups excluding tert-OH is 1. The van der Waals surface area contributed by atoms with Crippen molar-refractivity contribution in [3.63, 3.8) is 0 Å². The maximum atomic E-state index is 13.8. The Morgan fingerprint density at radius 2 is 1.95 bits per heavy atom. The molecule has 0 unspecified atom stereocenters. The maximum absolute atomic E-state index is 13.8. The summed E-state index contributed by atoms with van der Waals surface area (Å²) >= 11 is 0. The summed E-state index contributed by atoms with van der Waals surface area (Å²) in [5, 5.41) is 11.6. The van der Waals surface area contributed by atoms with Crippen LogP contribution in [0.2, 0.25) is 0 Å². The number of rotatable bonds is 4. The molecule has 1 fully saturated rings. The number of hydrogen-bond donors (Lipinski definition) is 1. The Hall–Kier alpha value is -3.53. The number of halogens is 1. The highest BCUT2D eigenvalue weighted by Gasteiger charge is 2.50. The van der Waals surface area contributed by atoms with E-state index in [-0.39, 0.29) is 23.7 Å². The van der Waals surface area contributed by atoms with Crippen LogP contribution < -0.4 is 4.74 Å². The van der Waals surface area contributed by atoms with Crippen LogP contribution in [0.3, 0.4) is 0 Å². The Morgan fingerprint density at radius 3 is 2.70 bits per heavy atom. The van der Waals surface area contributed by atoms with E-state index in [1.54, 1.807) is 6.07 Å². The van der Waals surface area contributed by atoms with Crippen molar-refractivity contribution in [2.24, 2.45) is 11.8 Å². The first-order valence-electron chi connectivity index (χ1n) is 13.3. The molecule has 0 aliphatic heterocycles. The summed E-state index contributed by atoms with van der Waals surface area (Å²) in [4.78, 5) is 18.3. The van der Waals surface area contributed by atoms with Crippen LogP contribution in [0, 0.1) is 18.4 Å². The fourth-order valence-electron chi connectivity index (χ4n) is 6.83. The molecule has 37 heavy (non-hydrogen) atoms. The van der Waals surface area contributed by atoms with Gasteiger partial charge in [-0.25, -0.2) is 19.2 Å².